The van der Waals surface area contributed by atoms with E-state index < -0.39 is 35.4 Å². The molecule has 2 unspecified atom stereocenters. The number of aryl methyl sites for hydroxylation is 1. The molecule has 4 rings (SSSR count). The van der Waals surface area contributed by atoms with E-state index >= 15 is 0 Å². The van der Waals surface area contributed by atoms with Gasteiger partial charge >= 0.3 is 0 Å². The smallest absolute Gasteiger partial charge is 0.247 e. The van der Waals surface area contributed by atoms with Crippen molar-refractivity contribution in [3.05, 3.63) is 63.7 Å². The summed E-state index contributed by atoms with van der Waals surface area (Å²) < 4.78 is 11.9. The van der Waals surface area contributed by atoms with E-state index in [0.717, 1.165) is 47.3 Å². The highest BCUT2D eigenvalue weighted by atomic mass is 16.5. The van der Waals surface area contributed by atoms with E-state index in [-0.39, 0.29) is 36.7 Å². The Morgan fingerprint density at radius 2 is 1.71 bits per heavy atom. The Labute approximate surface area is 305 Å². The fraction of sp³-hybridized carbons (Fsp3) is 0.659. The third-order valence-electron chi connectivity index (χ3n) is 11.6. The number of methoxy groups -OCH3 is 1. The second-order valence-corrected chi connectivity index (χ2v) is 16.2. The highest BCUT2D eigenvalue weighted by Gasteiger charge is 2.41. The minimum absolute atomic E-state index is 0.00143. The maximum absolute atomic E-state index is 13.7. The first-order chi connectivity index (χ1) is 23.9. The van der Waals surface area contributed by atoms with Crippen molar-refractivity contribution in [3.8, 4) is 5.75 Å². The van der Waals surface area contributed by atoms with Crippen LogP contribution in [0.2, 0.25) is 0 Å². The van der Waals surface area contributed by atoms with Crippen LogP contribution in [0.3, 0.4) is 0 Å². The minimum Gasteiger partial charge on any atom is -0.496 e. The second-order valence-electron chi connectivity index (χ2n) is 16.2. The van der Waals surface area contributed by atoms with Crippen LogP contribution < -0.4 is 10.1 Å². The third kappa shape index (κ3) is 9.32. The number of amides is 2. The van der Waals surface area contributed by atoms with Crippen LogP contribution in [-0.4, -0.2) is 108 Å². The Kier molecular flexibility index (Phi) is 13.4. The summed E-state index contributed by atoms with van der Waals surface area (Å²) in [5.74, 6) is 0.663. The van der Waals surface area contributed by atoms with Gasteiger partial charge in [0.15, 0.2) is 0 Å². The van der Waals surface area contributed by atoms with Gasteiger partial charge in [-0.2, -0.15) is 0 Å². The zero-order chi connectivity index (χ0) is 37.8. The Morgan fingerprint density at radius 3 is 2.29 bits per heavy atom. The van der Waals surface area contributed by atoms with E-state index in [1.165, 1.54) is 0 Å². The summed E-state index contributed by atoms with van der Waals surface area (Å²) in [6.07, 6.45) is -1.15. The number of carbonyl (C=O) groups is 2. The molecule has 51 heavy (non-hydrogen) atoms. The molecular weight excluding hydrogens is 646 g/mol. The monoisotopic (exact) mass is 709 g/mol. The highest BCUT2D eigenvalue weighted by Crippen LogP contribution is 2.41. The molecule has 0 bridgehead atoms. The summed E-state index contributed by atoms with van der Waals surface area (Å²) >= 11 is 0. The summed E-state index contributed by atoms with van der Waals surface area (Å²) in [7, 11) is 3.65. The molecule has 4 N–H and O–H groups in total. The first kappa shape index (κ1) is 40.7. The molecule has 2 aliphatic rings. The molecule has 2 aromatic carbocycles. The van der Waals surface area contributed by atoms with E-state index in [1.54, 1.807) is 21.0 Å². The van der Waals surface area contributed by atoms with Gasteiger partial charge in [0, 0.05) is 43.6 Å². The lowest BCUT2D eigenvalue weighted by atomic mass is 9.75. The lowest BCUT2D eigenvalue weighted by molar-refractivity contribution is -0.180. The number of likely N-dealkylation sites (N-methyl/N-ethyl adjacent to an activating group) is 1. The van der Waals surface area contributed by atoms with Crippen LogP contribution in [-0.2, 0) is 27.2 Å². The molecule has 2 aliphatic heterocycles. The largest absolute Gasteiger partial charge is 0.496 e. The van der Waals surface area contributed by atoms with Crippen LogP contribution in [0.5, 0.6) is 5.75 Å². The number of hydrogen-bond donors (Lipinski definition) is 4. The SMILES string of the molecule is CCC(C)c1cc(OC)c([C@@H]2O[C@H](CO)C[C@H](O)[C@H]2O)cc1Cc1ccc(CC(C)C(C)(C)C(=O)NC(C)(C)C(=O)N2CCN(C)CC2)cc1C. The molecule has 2 heterocycles. The predicted octanol–water partition coefficient (Wildman–Crippen LogP) is 4.53. The Morgan fingerprint density at radius 1 is 1.04 bits per heavy atom. The van der Waals surface area contributed by atoms with Crippen LogP contribution in [0.15, 0.2) is 30.3 Å². The molecule has 284 valence electrons. The molecule has 0 aliphatic carbocycles. The molecule has 0 saturated carbocycles. The van der Waals surface area contributed by atoms with Gasteiger partial charge < -0.3 is 39.9 Å². The van der Waals surface area contributed by atoms with Gasteiger partial charge in [-0.3, -0.25) is 9.59 Å². The zero-order valence-corrected chi connectivity index (χ0v) is 32.6. The van der Waals surface area contributed by atoms with Crippen molar-refractivity contribution in [2.24, 2.45) is 11.3 Å². The van der Waals surface area contributed by atoms with E-state index in [4.69, 9.17) is 9.47 Å². The Bertz CT molecular complexity index is 1520. The number of aliphatic hydroxyl groups excluding tert-OH is 3. The van der Waals surface area contributed by atoms with E-state index in [9.17, 15) is 24.9 Å². The summed E-state index contributed by atoms with van der Waals surface area (Å²) in [6, 6.07) is 10.6. The van der Waals surface area contributed by atoms with Crippen molar-refractivity contribution < 1.29 is 34.4 Å². The highest BCUT2D eigenvalue weighted by molar-refractivity contribution is 5.92. The van der Waals surface area contributed by atoms with E-state index in [0.29, 0.717) is 37.2 Å². The predicted molar refractivity (Wildman–Crippen MR) is 200 cm³/mol. The van der Waals surface area contributed by atoms with Crippen LogP contribution >= 0.6 is 0 Å². The van der Waals surface area contributed by atoms with Crippen molar-refractivity contribution in [1.82, 2.24) is 15.1 Å². The topological polar surface area (TPSA) is 132 Å². The normalized spacial score (nSPS) is 23.1. The summed E-state index contributed by atoms with van der Waals surface area (Å²) in [4.78, 5) is 31.1. The Hall–Kier alpha value is -3.02. The standard InChI is InChI=1S/C41H63N3O7/c1-11-25(2)32-23-35(50-10)33(37-36(47)34(46)22-31(24-45)51-37)21-30(32)20-29-13-12-28(18-26(29)3)19-27(4)40(5,6)38(48)42-41(7,8)39(49)44-16-14-43(9)15-17-44/h12-13,18,21,23,25,27,31,34,36-37,45-47H,11,14-17,19-20,22,24H2,1-10H3,(H,42,48)/t25?,27?,31-,34-,36+,37-/m0/s1. The molecule has 0 aromatic heterocycles. The third-order valence-corrected chi connectivity index (χ3v) is 11.6. The van der Waals surface area contributed by atoms with Crippen molar-refractivity contribution >= 4 is 11.8 Å². The van der Waals surface area contributed by atoms with Crippen LogP contribution in [0, 0.1) is 18.3 Å². The molecule has 2 aromatic rings. The van der Waals surface area contributed by atoms with Crippen molar-refractivity contribution in [2.75, 3.05) is 46.9 Å². The first-order valence-corrected chi connectivity index (χ1v) is 18.6. The van der Waals surface area contributed by atoms with Crippen LogP contribution in [0.1, 0.15) is 107 Å². The number of hydrogen-bond acceptors (Lipinski definition) is 8. The van der Waals surface area contributed by atoms with Crippen LogP contribution in [0.25, 0.3) is 0 Å². The fourth-order valence-electron chi connectivity index (χ4n) is 7.24. The number of nitrogens with zero attached hydrogens (tertiary/aromatic N) is 2. The molecule has 2 fully saturated rings. The number of aliphatic hydroxyl groups is 3. The molecule has 0 spiro atoms. The van der Waals surface area contributed by atoms with Crippen molar-refractivity contribution in [1.29, 1.82) is 0 Å². The zero-order valence-electron chi connectivity index (χ0n) is 32.6. The Balaban J connectivity index is 1.52. The van der Waals surface area contributed by atoms with Gasteiger partial charge in [0.05, 0.1) is 25.9 Å². The number of carbonyl (C=O) groups excluding carboxylic acids is 2. The summed E-state index contributed by atoms with van der Waals surface area (Å²) in [5.41, 5.74) is 4.61. The van der Waals surface area contributed by atoms with Gasteiger partial charge in [-0.25, -0.2) is 0 Å². The van der Waals surface area contributed by atoms with Gasteiger partial charge in [-0.05, 0) is 98.9 Å². The number of nitrogens with one attached hydrogen (secondary N) is 1. The molecule has 2 amide bonds. The number of ether oxygens (including phenoxy) is 2. The minimum atomic E-state index is -1.15. The number of piperazine rings is 1. The van der Waals surface area contributed by atoms with Gasteiger partial charge in [-0.15, -0.1) is 0 Å². The average Bonchev–Trinajstić information content (AvgIpc) is 3.09. The van der Waals surface area contributed by atoms with Gasteiger partial charge in [0.2, 0.25) is 11.8 Å². The molecule has 0 radical (unpaired) electrons. The molecule has 10 heteroatoms. The lowest BCUT2D eigenvalue weighted by Crippen LogP contribution is -2.61. The van der Waals surface area contributed by atoms with Gasteiger partial charge in [0.25, 0.3) is 0 Å². The quantitative estimate of drug-likeness (QED) is 0.239. The summed E-state index contributed by atoms with van der Waals surface area (Å²) in [6.45, 7) is 18.8. The summed E-state index contributed by atoms with van der Waals surface area (Å²) in [5, 5.41) is 34.4. The average molecular weight is 710 g/mol. The van der Waals surface area contributed by atoms with Gasteiger partial charge in [0.1, 0.15) is 23.5 Å². The van der Waals surface area contributed by atoms with Crippen molar-refractivity contribution in [2.45, 2.75) is 117 Å². The number of benzene rings is 2. The first-order valence-electron chi connectivity index (χ1n) is 18.6. The molecule has 2 saturated heterocycles. The van der Waals surface area contributed by atoms with E-state index in [1.807, 2.05) is 30.9 Å². The van der Waals surface area contributed by atoms with E-state index in [2.05, 4.69) is 63.2 Å². The maximum atomic E-state index is 13.7. The second kappa shape index (κ2) is 16.8. The van der Waals surface area contributed by atoms with Crippen LogP contribution in [0.4, 0.5) is 0 Å². The molecule has 10 nitrogen and oxygen atoms in total. The number of rotatable bonds is 13. The molecule has 6 atom stereocenters. The van der Waals surface area contributed by atoms with Crippen molar-refractivity contribution in [3.63, 3.8) is 0 Å². The maximum Gasteiger partial charge on any atom is 0.247 e. The lowest BCUT2D eigenvalue weighted by Gasteiger charge is -2.39. The fourth-order valence-corrected chi connectivity index (χ4v) is 7.24. The molecular formula is C41H63N3O7. The van der Waals surface area contributed by atoms with Gasteiger partial charge in [-0.1, -0.05) is 52.8 Å².